The Labute approximate surface area is 154 Å². The SMILES string of the molecule is Cc1ccc(C(=O)N2CCN(C(=O)COc3ccccc3)CC2)cc1C. The van der Waals surface area contributed by atoms with Gasteiger partial charge in [-0.25, -0.2) is 0 Å². The van der Waals surface area contributed by atoms with Crippen molar-refractivity contribution in [2.24, 2.45) is 0 Å². The second kappa shape index (κ2) is 8.04. The van der Waals surface area contributed by atoms with E-state index in [-0.39, 0.29) is 18.4 Å². The van der Waals surface area contributed by atoms with Crippen molar-refractivity contribution in [1.82, 2.24) is 9.80 Å². The number of amides is 2. The van der Waals surface area contributed by atoms with E-state index in [1.165, 1.54) is 5.56 Å². The molecule has 1 saturated heterocycles. The van der Waals surface area contributed by atoms with Gasteiger partial charge in [0.2, 0.25) is 0 Å². The highest BCUT2D eigenvalue weighted by molar-refractivity contribution is 5.94. The lowest BCUT2D eigenvalue weighted by Gasteiger charge is -2.34. The summed E-state index contributed by atoms with van der Waals surface area (Å²) in [6, 6.07) is 15.1. The van der Waals surface area contributed by atoms with Crippen LogP contribution in [0.3, 0.4) is 0 Å². The lowest BCUT2D eigenvalue weighted by atomic mass is 10.1. The van der Waals surface area contributed by atoms with Crippen LogP contribution in [0.25, 0.3) is 0 Å². The Hall–Kier alpha value is -2.82. The van der Waals surface area contributed by atoms with E-state index in [0.29, 0.717) is 37.5 Å². The predicted octanol–water partition coefficient (Wildman–Crippen LogP) is 2.67. The third-order valence-corrected chi connectivity index (χ3v) is 4.78. The summed E-state index contributed by atoms with van der Waals surface area (Å²) in [5.41, 5.74) is 3.00. The van der Waals surface area contributed by atoms with Gasteiger partial charge in [-0.05, 0) is 49.2 Å². The molecule has 26 heavy (non-hydrogen) atoms. The zero-order valence-corrected chi connectivity index (χ0v) is 15.3. The van der Waals surface area contributed by atoms with Crippen LogP contribution in [-0.2, 0) is 4.79 Å². The Kier molecular flexibility index (Phi) is 5.56. The van der Waals surface area contributed by atoms with Crippen molar-refractivity contribution in [3.05, 3.63) is 65.2 Å². The Morgan fingerprint density at radius 1 is 0.885 bits per heavy atom. The van der Waals surface area contributed by atoms with Crippen molar-refractivity contribution < 1.29 is 14.3 Å². The highest BCUT2D eigenvalue weighted by Crippen LogP contribution is 2.14. The first kappa shape index (κ1) is 18.0. The molecule has 0 atom stereocenters. The average molecular weight is 352 g/mol. The number of carbonyl (C=O) groups is 2. The van der Waals surface area contributed by atoms with Crippen molar-refractivity contribution in [1.29, 1.82) is 0 Å². The Morgan fingerprint density at radius 3 is 2.19 bits per heavy atom. The van der Waals surface area contributed by atoms with Gasteiger partial charge < -0.3 is 14.5 Å². The van der Waals surface area contributed by atoms with E-state index in [4.69, 9.17) is 4.74 Å². The highest BCUT2D eigenvalue weighted by atomic mass is 16.5. The van der Waals surface area contributed by atoms with Crippen LogP contribution in [0.15, 0.2) is 48.5 Å². The first-order chi connectivity index (χ1) is 12.5. The van der Waals surface area contributed by atoms with Gasteiger partial charge >= 0.3 is 0 Å². The van der Waals surface area contributed by atoms with Gasteiger partial charge in [0.05, 0.1) is 0 Å². The molecule has 5 heteroatoms. The summed E-state index contributed by atoms with van der Waals surface area (Å²) in [5.74, 6) is 0.664. The molecular formula is C21H24N2O3. The lowest BCUT2D eigenvalue weighted by Crippen LogP contribution is -2.51. The average Bonchev–Trinajstić information content (AvgIpc) is 2.68. The molecule has 2 amide bonds. The second-order valence-corrected chi connectivity index (χ2v) is 6.57. The third kappa shape index (κ3) is 4.23. The van der Waals surface area contributed by atoms with E-state index >= 15 is 0 Å². The van der Waals surface area contributed by atoms with Crippen molar-refractivity contribution in [2.45, 2.75) is 13.8 Å². The zero-order chi connectivity index (χ0) is 18.5. The monoisotopic (exact) mass is 352 g/mol. The minimum absolute atomic E-state index is 0.0229. The molecule has 5 nitrogen and oxygen atoms in total. The van der Waals surface area contributed by atoms with Crippen LogP contribution in [-0.4, -0.2) is 54.4 Å². The number of hydrogen-bond acceptors (Lipinski definition) is 3. The van der Waals surface area contributed by atoms with Crippen molar-refractivity contribution in [3.63, 3.8) is 0 Å². The molecule has 0 bridgehead atoms. The Morgan fingerprint density at radius 2 is 1.54 bits per heavy atom. The maximum Gasteiger partial charge on any atom is 0.260 e. The summed E-state index contributed by atoms with van der Waals surface area (Å²) in [5, 5.41) is 0. The number of para-hydroxylation sites is 1. The molecule has 0 aliphatic carbocycles. The van der Waals surface area contributed by atoms with Crippen LogP contribution in [0.1, 0.15) is 21.5 Å². The summed E-state index contributed by atoms with van der Waals surface area (Å²) in [7, 11) is 0. The molecular weight excluding hydrogens is 328 g/mol. The first-order valence-corrected chi connectivity index (χ1v) is 8.87. The number of piperazine rings is 1. The topological polar surface area (TPSA) is 49.9 Å². The normalized spacial score (nSPS) is 14.2. The molecule has 0 unspecified atom stereocenters. The molecule has 0 N–H and O–H groups in total. The van der Waals surface area contributed by atoms with Crippen LogP contribution in [0.2, 0.25) is 0 Å². The van der Waals surface area contributed by atoms with Crippen LogP contribution in [0, 0.1) is 13.8 Å². The Balaban J connectivity index is 1.51. The van der Waals surface area contributed by atoms with E-state index in [2.05, 4.69) is 0 Å². The van der Waals surface area contributed by atoms with Crippen molar-refractivity contribution in [3.8, 4) is 5.75 Å². The molecule has 1 aliphatic rings. The molecule has 1 heterocycles. The fraction of sp³-hybridized carbons (Fsp3) is 0.333. The van der Waals surface area contributed by atoms with Crippen LogP contribution in [0.4, 0.5) is 0 Å². The van der Waals surface area contributed by atoms with E-state index in [9.17, 15) is 9.59 Å². The summed E-state index contributed by atoms with van der Waals surface area (Å²) in [6.45, 7) is 6.23. The fourth-order valence-corrected chi connectivity index (χ4v) is 2.97. The van der Waals surface area contributed by atoms with E-state index < -0.39 is 0 Å². The van der Waals surface area contributed by atoms with Gasteiger partial charge in [-0.3, -0.25) is 9.59 Å². The molecule has 3 rings (SSSR count). The molecule has 0 radical (unpaired) electrons. The van der Waals surface area contributed by atoms with Crippen LogP contribution < -0.4 is 4.74 Å². The molecule has 1 fully saturated rings. The van der Waals surface area contributed by atoms with Gasteiger partial charge in [-0.1, -0.05) is 24.3 Å². The zero-order valence-electron chi connectivity index (χ0n) is 15.3. The maximum atomic E-state index is 12.6. The van der Waals surface area contributed by atoms with E-state index in [1.807, 2.05) is 67.3 Å². The number of carbonyl (C=O) groups excluding carboxylic acids is 2. The van der Waals surface area contributed by atoms with Crippen LogP contribution >= 0.6 is 0 Å². The number of ether oxygens (including phenoxy) is 1. The lowest BCUT2D eigenvalue weighted by molar-refractivity contribution is -0.134. The number of nitrogens with zero attached hydrogens (tertiary/aromatic N) is 2. The largest absolute Gasteiger partial charge is 0.484 e. The van der Waals surface area contributed by atoms with E-state index in [1.54, 1.807) is 4.90 Å². The number of hydrogen-bond donors (Lipinski definition) is 0. The molecule has 136 valence electrons. The first-order valence-electron chi connectivity index (χ1n) is 8.87. The molecule has 0 aromatic heterocycles. The Bertz CT molecular complexity index is 781. The molecule has 2 aromatic carbocycles. The van der Waals surface area contributed by atoms with Gasteiger partial charge in [-0.2, -0.15) is 0 Å². The standard InChI is InChI=1S/C21H24N2O3/c1-16-8-9-18(14-17(16)2)21(25)23-12-10-22(11-13-23)20(24)15-26-19-6-4-3-5-7-19/h3-9,14H,10-13,15H2,1-2H3. The number of rotatable bonds is 4. The number of benzene rings is 2. The molecule has 0 saturated carbocycles. The highest BCUT2D eigenvalue weighted by Gasteiger charge is 2.25. The van der Waals surface area contributed by atoms with E-state index in [0.717, 1.165) is 5.56 Å². The quantitative estimate of drug-likeness (QED) is 0.850. The third-order valence-electron chi connectivity index (χ3n) is 4.78. The van der Waals surface area contributed by atoms with Gasteiger partial charge in [0.15, 0.2) is 6.61 Å². The van der Waals surface area contributed by atoms with Crippen molar-refractivity contribution in [2.75, 3.05) is 32.8 Å². The minimum Gasteiger partial charge on any atom is -0.484 e. The van der Waals surface area contributed by atoms with Gasteiger partial charge in [-0.15, -0.1) is 0 Å². The van der Waals surface area contributed by atoms with Gasteiger partial charge in [0.25, 0.3) is 11.8 Å². The molecule has 0 spiro atoms. The smallest absolute Gasteiger partial charge is 0.260 e. The molecule has 2 aromatic rings. The minimum atomic E-state index is -0.0490. The van der Waals surface area contributed by atoms with Crippen molar-refractivity contribution >= 4 is 11.8 Å². The second-order valence-electron chi connectivity index (χ2n) is 6.57. The summed E-state index contributed by atoms with van der Waals surface area (Å²) < 4.78 is 5.52. The summed E-state index contributed by atoms with van der Waals surface area (Å²) >= 11 is 0. The maximum absolute atomic E-state index is 12.6. The molecule has 1 aliphatic heterocycles. The predicted molar refractivity (Wildman–Crippen MR) is 100 cm³/mol. The van der Waals surface area contributed by atoms with Gasteiger partial charge in [0, 0.05) is 31.7 Å². The number of aryl methyl sites for hydroxylation is 2. The van der Waals surface area contributed by atoms with Gasteiger partial charge in [0.1, 0.15) is 5.75 Å². The fourth-order valence-electron chi connectivity index (χ4n) is 2.97. The summed E-state index contributed by atoms with van der Waals surface area (Å²) in [4.78, 5) is 28.5. The van der Waals surface area contributed by atoms with Crippen LogP contribution in [0.5, 0.6) is 5.75 Å². The summed E-state index contributed by atoms with van der Waals surface area (Å²) in [6.07, 6.45) is 0.